The molecular weight excluding hydrogens is 178 g/mol. The van der Waals surface area contributed by atoms with Gasteiger partial charge in [-0.3, -0.25) is 0 Å². The van der Waals surface area contributed by atoms with Crippen LogP contribution in [0, 0.1) is 5.92 Å². The molecule has 2 amide bonds. The van der Waals surface area contributed by atoms with Crippen LogP contribution in [0.5, 0.6) is 0 Å². The van der Waals surface area contributed by atoms with Gasteiger partial charge in [0.15, 0.2) is 0 Å². The second-order valence-corrected chi connectivity index (χ2v) is 4.18. The fourth-order valence-electron chi connectivity index (χ4n) is 2.48. The van der Waals surface area contributed by atoms with Crippen LogP contribution in [-0.4, -0.2) is 43.2 Å². The van der Waals surface area contributed by atoms with Crippen molar-refractivity contribution < 1.29 is 4.79 Å². The van der Waals surface area contributed by atoms with Crippen molar-refractivity contribution in [3.05, 3.63) is 0 Å². The molecule has 0 saturated carbocycles. The van der Waals surface area contributed by atoms with Gasteiger partial charge in [0.25, 0.3) is 0 Å². The zero-order valence-corrected chi connectivity index (χ0v) is 8.75. The third-order valence-corrected chi connectivity index (χ3v) is 3.29. The van der Waals surface area contributed by atoms with Gasteiger partial charge in [0, 0.05) is 25.7 Å². The number of fused-ring (bicyclic) bond motifs is 1. The van der Waals surface area contributed by atoms with E-state index in [2.05, 4.69) is 10.6 Å². The number of amides is 2. The zero-order valence-electron chi connectivity index (χ0n) is 8.75. The average molecular weight is 197 g/mol. The Hall–Kier alpha value is -0.770. The Balaban J connectivity index is 1.87. The highest BCUT2D eigenvalue weighted by Crippen LogP contribution is 2.24. The van der Waals surface area contributed by atoms with Crippen molar-refractivity contribution in [3.63, 3.8) is 0 Å². The molecule has 2 atom stereocenters. The highest BCUT2D eigenvalue weighted by Gasteiger charge is 2.33. The average Bonchev–Trinajstić information content (AvgIpc) is 2.64. The molecule has 4 heteroatoms. The Morgan fingerprint density at radius 2 is 2.43 bits per heavy atom. The van der Waals surface area contributed by atoms with Gasteiger partial charge >= 0.3 is 6.03 Å². The number of nitrogens with one attached hydrogen (secondary N) is 2. The number of urea groups is 1. The van der Waals surface area contributed by atoms with Crippen molar-refractivity contribution in [3.8, 4) is 0 Å². The first-order valence-corrected chi connectivity index (χ1v) is 5.57. The van der Waals surface area contributed by atoms with Gasteiger partial charge in [0.2, 0.25) is 0 Å². The van der Waals surface area contributed by atoms with Crippen molar-refractivity contribution >= 4 is 6.03 Å². The summed E-state index contributed by atoms with van der Waals surface area (Å²) >= 11 is 0. The van der Waals surface area contributed by atoms with Crippen LogP contribution in [0.15, 0.2) is 0 Å². The predicted molar refractivity (Wildman–Crippen MR) is 55.2 cm³/mol. The molecule has 2 saturated heterocycles. The summed E-state index contributed by atoms with van der Waals surface area (Å²) in [5, 5.41) is 6.32. The minimum atomic E-state index is 0.0969. The summed E-state index contributed by atoms with van der Waals surface area (Å²) < 4.78 is 0. The highest BCUT2D eigenvalue weighted by atomic mass is 16.2. The van der Waals surface area contributed by atoms with Crippen LogP contribution in [0.3, 0.4) is 0 Å². The number of hydrogen-bond acceptors (Lipinski definition) is 2. The third-order valence-electron chi connectivity index (χ3n) is 3.29. The first-order chi connectivity index (χ1) is 6.81. The molecule has 0 bridgehead atoms. The predicted octanol–water partition coefficient (Wildman–Crippen LogP) is 0.400. The van der Waals surface area contributed by atoms with Gasteiger partial charge in [0.05, 0.1) is 0 Å². The lowest BCUT2D eigenvalue weighted by molar-refractivity contribution is 0.162. The number of rotatable bonds is 1. The lowest BCUT2D eigenvalue weighted by atomic mass is 9.93. The molecule has 0 aliphatic carbocycles. The Morgan fingerprint density at radius 3 is 3.21 bits per heavy atom. The smallest absolute Gasteiger partial charge is 0.317 e. The van der Waals surface area contributed by atoms with E-state index in [0.717, 1.165) is 38.5 Å². The number of nitrogens with zero attached hydrogens (tertiary/aromatic N) is 1. The van der Waals surface area contributed by atoms with E-state index in [4.69, 9.17) is 0 Å². The lowest BCUT2D eigenvalue weighted by Gasteiger charge is -2.34. The molecule has 2 aliphatic heterocycles. The first kappa shape index (κ1) is 9.77. The molecule has 2 rings (SSSR count). The minimum Gasteiger partial charge on any atom is -0.338 e. The molecule has 2 N–H and O–H groups in total. The second kappa shape index (κ2) is 4.17. The van der Waals surface area contributed by atoms with Gasteiger partial charge in [-0.1, -0.05) is 0 Å². The number of hydrogen-bond donors (Lipinski definition) is 2. The van der Waals surface area contributed by atoms with Crippen LogP contribution in [0.25, 0.3) is 0 Å². The van der Waals surface area contributed by atoms with E-state index in [0.29, 0.717) is 6.04 Å². The first-order valence-electron chi connectivity index (χ1n) is 5.57. The van der Waals surface area contributed by atoms with Crippen molar-refractivity contribution in [2.75, 3.05) is 26.2 Å². The molecular formula is C10H19N3O. The van der Waals surface area contributed by atoms with Crippen LogP contribution in [0.2, 0.25) is 0 Å². The van der Waals surface area contributed by atoms with E-state index in [9.17, 15) is 4.79 Å². The maximum Gasteiger partial charge on any atom is 0.317 e. The van der Waals surface area contributed by atoms with E-state index >= 15 is 0 Å². The van der Waals surface area contributed by atoms with Gasteiger partial charge in [-0.15, -0.1) is 0 Å². The second-order valence-electron chi connectivity index (χ2n) is 4.18. The van der Waals surface area contributed by atoms with Gasteiger partial charge < -0.3 is 15.5 Å². The van der Waals surface area contributed by atoms with Crippen LogP contribution >= 0.6 is 0 Å². The summed E-state index contributed by atoms with van der Waals surface area (Å²) in [4.78, 5) is 13.5. The molecule has 80 valence electrons. The van der Waals surface area contributed by atoms with Crippen LogP contribution in [0.1, 0.15) is 19.8 Å². The quantitative estimate of drug-likeness (QED) is 0.639. The molecule has 2 fully saturated rings. The normalized spacial score (nSPS) is 31.4. The maximum atomic E-state index is 11.6. The molecule has 0 unspecified atom stereocenters. The SMILES string of the molecule is CCNC(=O)N1CC[C@H]2CCN[C@H]2C1. The lowest BCUT2D eigenvalue weighted by Crippen LogP contribution is -2.51. The fourth-order valence-corrected chi connectivity index (χ4v) is 2.48. The molecule has 2 aliphatic rings. The van der Waals surface area contributed by atoms with Gasteiger partial charge in [-0.2, -0.15) is 0 Å². The van der Waals surface area contributed by atoms with Crippen molar-refractivity contribution in [1.29, 1.82) is 0 Å². The van der Waals surface area contributed by atoms with Crippen molar-refractivity contribution in [2.45, 2.75) is 25.8 Å². The molecule has 0 radical (unpaired) electrons. The Kier molecular flexibility index (Phi) is 2.91. The van der Waals surface area contributed by atoms with Gasteiger partial charge in [0.1, 0.15) is 0 Å². The minimum absolute atomic E-state index is 0.0969. The Morgan fingerprint density at radius 1 is 1.57 bits per heavy atom. The summed E-state index contributed by atoms with van der Waals surface area (Å²) in [6.45, 7) is 5.61. The summed E-state index contributed by atoms with van der Waals surface area (Å²) in [5.41, 5.74) is 0. The molecule has 2 heterocycles. The van der Waals surface area contributed by atoms with Crippen LogP contribution in [0.4, 0.5) is 4.79 Å². The number of likely N-dealkylation sites (tertiary alicyclic amines) is 1. The fraction of sp³-hybridized carbons (Fsp3) is 0.900. The summed E-state index contributed by atoms with van der Waals surface area (Å²) in [7, 11) is 0. The van der Waals surface area contributed by atoms with E-state index in [1.54, 1.807) is 0 Å². The van der Waals surface area contributed by atoms with E-state index in [1.165, 1.54) is 6.42 Å². The summed E-state index contributed by atoms with van der Waals surface area (Å²) in [6, 6.07) is 0.644. The highest BCUT2D eigenvalue weighted by molar-refractivity contribution is 5.74. The van der Waals surface area contributed by atoms with E-state index in [1.807, 2.05) is 11.8 Å². The monoisotopic (exact) mass is 197 g/mol. The molecule has 4 nitrogen and oxygen atoms in total. The van der Waals surface area contributed by atoms with Gasteiger partial charge in [-0.05, 0) is 32.2 Å². The van der Waals surface area contributed by atoms with Crippen molar-refractivity contribution in [1.82, 2.24) is 15.5 Å². The third kappa shape index (κ3) is 1.85. The van der Waals surface area contributed by atoms with Crippen molar-refractivity contribution in [2.24, 2.45) is 5.92 Å². The molecule has 0 aromatic heterocycles. The number of carbonyl (C=O) groups excluding carboxylic acids is 1. The number of carbonyl (C=O) groups is 1. The molecule has 14 heavy (non-hydrogen) atoms. The Bertz CT molecular complexity index is 219. The van der Waals surface area contributed by atoms with E-state index in [-0.39, 0.29) is 6.03 Å². The summed E-state index contributed by atoms with van der Waals surface area (Å²) in [6.07, 6.45) is 2.45. The topological polar surface area (TPSA) is 44.4 Å². The number of piperidine rings is 1. The largest absolute Gasteiger partial charge is 0.338 e. The van der Waals surface area contributed by atoms with Crippen LogP contribution in [-0.2, 0) is 0 Å². The van der Waals surface area contributed by atoms with Gasteiger partial charge in [-0.25, -0.2) is 4.79 Å². The van der Waals surface area contributed by atoms with Crippen LogP contribution < -0.4 is 10.6 Å². The maximum absolute atomic E-state index is 11.6. The standard InChI is InChI=1S/C10H19N3O/c1-2-11-10(14)13-6-4-8-3-5-12-9(8)7-13/h8-9,12H,2-7H2,1H3,(H,11,14)/t8-,9+/m1/s1. The molecule has 0 aromatic carbocycles. The molecule has 0 spiro atoms. The summed E-state index contributed by atoms with van der Waals surface area (Å²) in [5.74, 6) is 0.806. The Labute approximate surface area is 85.0 Å². The molecule has 0 aromatic rings. The zero-order chi connectivity index (χ0) is 9.97. The van der Waals surface area contributed by atoms with E-state index < -0.39 is 0 Å².